The summed E-state index contributed by atoms with van der Waals surface area (Å²) in [7, 11) is 1.65. The topological polar surface area (TPSA) is 83.4 Å². The average molecular weight is 285 g/mol. The van der Waals surface area contributed by atoms with Crippen LogP contribution in [0.2, 0.25) is 0 Å². The number of aromatic carboxylic acids is 1. The van der Waals surface area contributed by atoms with Gasteiger partial charge in [-0.25, -0.2) is 9.78 Å². The Morgan fingerprint density at radius 1 is 1.29 bits per heavy atom. The predicted molar refractivity (Wildman–Crippen MR) is 76.0 cm³/mol. The normalized spacial score (nSPS) is 10.2. The quantitative estimate of drug-likeness (QED) is 0.925. The number of rotatable bonds is 4. The van der Waals surface area contributed by atoms with Gasteiger partial charge in [-0.15, -0.1) is 0 Å². The van der Waals surface area contributed by atoms with E-state index in [2.05, 4.69) is 9.97 Å². The molecule has 0 unspecified atom stereocenters. The number of aryl methyl sites for hydroxylation is 1. The summed E-state index contributed by atoms with van der Waals surface area (Å²) in [6.07, 6.45) is 1.31. The van der Waals surface area contributed by atoms with Crippen LogP contribution in [0, 0.1) is 6.92 Å². The Labute approximate surface area is 122 Å². The summed E-state index contributed by atoms with van der Waals surface area (Å²) in [6, 6.07) is 8.37. The van der Waals surface area contributed by atoms with Gasteiger partial charge in [0.25, 0.3) is 5.91 Å². The Morgan fingerprint density at radius 2 is 2.05 bits per heavy atom. The number of carboxylic acid groups (broad SMARTS) is 1. The summed E-state index contributed by atoms with van der Waals surface area (Å²) in [4.78, 5) is 32.7. The second-order valence-corrected chi connectivity index (χ2v) is 4.67. The number of aromatic nitrogens is 2. The summed E-state index contributed by atoms with van der Waals surface area (Å²) < 4.78 is 0. The Balaban J connectivity index is 2.15. The zero-order valence-corrected chi connectivity index (χ0v) is 11.8. The highest BCUT2D eigenvalue weighted by Gasteiger charge is 2.15. The first-order valence-corrected chi connectivity index (χ1v) is 6.34. The van der Waals surface area contributed by atoms with Crippen molar-refractivity contribution in [3.05, 3.63) is 59.2 Å². The molecule has 0 aliphatic rings. The molecule has 2 aromatic heterocycles. The van der Waals surface area contributed by atoms with Gasteiger partial charge in [-0.3, -0.25) is 9.78 Å². The fourth-order valence-corrected chi connectivity index (χ4v) is 1.90. The van der Waals surface area contributed by atoms with Crippen LogP contribution < -0.4 is 0 Å². The van der Waals surface area contributed by atoms with Gasteiger partial charge in [-0.05, 0) is 31.2 Å². The van der Waals surface area contributed by atoms with Gasteiger partial charge in [0.2, 0.25) is 0 Å². The maximum Gasteiger partial charge on any atom is 0.354 e. The van der Waals surface area contributed by atoms with Crippen LogP contribution in [0.5, 0.6) is 0 Å². The minimum Gasteiger partial charge on any atom is -0.477 e. The van der Waals surface area contributed by atoms with E-state index in [4.69, 9.17) is 5.11 Å². The van der Waals surface area contributed by atoms with Crippen molar-refractivity contribution in [2.45, 2.75) is 13.5 Å². The fourth-order valence-electron chi connectivity index (χ4n) is 1.90. The molecule has 0 spiro atoms. The zero-order chi connectivity index (χ0) is 15.4. The van der Waals surface area contributed by atoms with Crippen LogP contribution in [0.1, 0.15) is 32.2 Å². The number of pyridine rings is 2. The molecular weight excluding hydrogens is 270 g/mol. The van der Waals surface area contributed by atoms with Crippen LogP contribution in [0.15, 0.2) is 36.5 Å². The molecular formula is C15H15N3O3. The van der Waals surface area contributed by atoms with E-state index in [9.17, 15) is 9.59 Å². The first-order chi connectivity index (χ1) is 9.97. The van der Waals surface area contributed by atoms with Crippen LogP contribution in [-0.4, -0.2) is 38.9 Å². The summed E-state index contributed by atoms with van der Waals surface area (Å²) in [5, 5.41) is 8.90. The Kier molecular flexibility index (Phi) is 4.27. The lowest BCUT2D eigenvalue weighted by Crippen LogP contribution is -2.27. The highest BCUT2D eigenvalue weighted by molar-refractivity contribution is 5.96. The van der Waals surface area contributed by atoms with Gasteiger partial charge in [-0.2, -0.15) is 0 Å². The standard InChI is InChI=1S/C15H15N3O3/c1-10-4-3-5-12(17-10)9-18(2)14(19)11-6-7-16-13(8-11)15(20)21/h3-8H,9H2,1-2H3,(H,20,21). The van der Waals surface area contributed by atoms with Gasteiger partial charge < -0.3 is 10.0 Å². The zero-order valence-electron chi connectivity index (χ0n) is 11.8. The molecule has 0 fully saturated rings. The lowest BCUT2D eigenvalue weighted by atomic mass is 10.2. The Bertz CT molecular complexity index is 685. The number of carbonyl (C=O) groups excluding carboxylic acids is 1. The first-order valence-electron chi connectivity index (χ1n) is 6.34. The highest BCUT2D eigenvalue weighted by atomic mass is 16.4. The molecule has 21 heavy (non-hydrogen) atoms. The molecule has 0 saturated carbocycles. The minimum atomic E-state index is -1.16. The van der Waals surface area contributed by atoms with Crippen molar-refractivity contribution in [1.82, 2.24) is 14.9 Å². The van der Waals surface area contributed by atoms with Gasteiger partial charge in [0.15, 0.2) is 0 Å². The molecule has 0 bridgehead atoms. The minimum absolute atomic E-state index is 0.150. The van der Waals surface area contributed by atoms with Crippen molar-refractivity contribution in [2.24, 2.45) is 0 Å². The van der Waals surface area contributed by atoms with Crippen molar-refractivity contribution in [2.75, 3.05) is 7.05 Å². The van der Waals surface area contributed by atoms with E-state index in [1.54, 1.807) is 7.05 Å². The van der Waals surface area contributed by atoms with Crippen molar-refractivity contribution >= 4 is 11.9 Å². The number of hydrogen-bond donors (Lipinski definition) is 1. The van der Waals surface area contributed by atoms with Crippen LogP contribution in [0.3, 0.4) is 0 Å². The smallest absolute Gasteiger partial charge is 0.354 e. The van der Waals surface area contributed by atoms with Gasteiger partial charge in [0.05, 0.1) is 12.2 Å². The van der Waals surface area contributed by atoms with Crippen molar-refractivity contribution < 1.29 is 14.7 Å². The van der Waals surface area contributed by atoms with E-state index >= 15 is 0 Å². The van der Waals surface area contributed by atoms with Crippen LogP contribution >= 0.6 is 0 Å². The second kappa shape index (κ2) is 6.13. The number of hydrogen-bond acceptors (Lipinski definition) is 4. The maximum absolute atomic E-state index is 12.3. The SMILES string of the molecule is Cc1cccc(CN(C)C(=O)c2ccnc(C(=O)O)c2)n1. The molecule has 0 atom stereocenters. The summed E-state index contributed by atoms with van der Waals surface area (Å²) >= 11 is 0. The maximum atomic E-state index is 12.3. The third-order valence-corrected chi connectivity index (χ3v) is 2.92. The monoisotopic (exact) mass is 285 g/mol. The molecule has 108 valence electrons. The molecule has 6 nitrogen and oxygen atoms in total. The largest absolute Gasteiger partial charge is 0.477 e. The van der Waals surface area contributed by atoms with Crippen LogP contribution in [0.4, 0.5) is 0 Å². The molecule has 6 heteroatoms. The third-order valence-electron chi connectivity index (χ3n) is 2.92. The van der Waals surface area contributed by atoms with Crippen molar-refractivity contribution in [3.63, 3.8) is 0 Å². The van der Waals surface area contributed by atoms with Crippen LogP contribution in [0.25, 0.3) is 0 Å². The first kappa shape index (κ1) is 14.6. The van der Waals surface area contributed by atoms with Gasteiger partial charge >= 0.3 is 5.97 Å². The van der Waals surface area contributed by atoms with E-state index in [1.807, 2.05) is 25.1 Å². The van der Waals surface area contributed by atoms with Crippen molar-refractivity contribution in [1.29, 1.82) is 0 Å². The molecule has 1 amide bonds. The van der Waals surface area contributed by atoms with Gasteiger partial charge in [0.1, 0.15) is 5.69 Å². The summed E-state index contributed by atoms with van der Waals surface area (Å²) in [5.41, 5.74) is 1.80. The average Bonchev–Trinajstić information content (AvgIpc) is 2.46. The molecule has 1 N–H and O–H groups in total. The molecule has 2 heterocycles. The van der Waals surface area contributed by atoms with Gasteiger partial charge in [0, 0.05) is 24.5 Å². The Morgan fingerprint density at radius 3 is 2.71 bits per heavy atom. The van der Waals surface area contributed by atoms with Crippen molar-refractivity contribution in [3.8, 4) is 0 Å². The van der Waals surface area contributed by atoms with E-state index in [0.29, 0.717) is 6.54 Å². The number of nitrogens with zero attached hydrogens (tertiary/aromatic N) is 3. The van der Waals surface area contributed by atoms with E-state index in [1.165, 1.54) is 23.2 Å². The molecule has 2 rings (SSSR count). The Hall–Kier alpha value is -2.76. The highest BCUT2D eigenvalue weighted by Crippen LogP contribution is 2.08. The molecule has 0 saturated heterocycles. The summed E-state index contributed by atoms with van der Waals surface area (Å²) in [6.45, 7) is 2.23. The molecule has 0 aliphatic carbocycles. The van der Waals surface area contributed by atoms with E-state index in [0.717, 1.165) is 11.4 Å². The third kappa shape index (κ3) is 3.62. The lowest BCUT2D eigenvalue weighted by Gasteiger charge is -2.17. The van der Waals surface area contributed by atoms with E-state index in [-0.39, 0.29) is 17.2 Å². The molecule has 0 aliphatic heterocycles. The number of carbonyl (C=O) groups is 2. The van der Waals surface area contributed by atoms with E-state index < -0.39 is 5.97 Å². The van der Waals surface area contributed by atoms with Gasteiger partial charge in [-0.1, -0.05) is 6.07 Å². The molecule has 0 radical (unpaired) electrons. The molecule has 2 aromatic rings. The lowest BCUT2D eigenvalue weighted by molar-refractivity contribution is 0.0690. The van der Waals surface area contributed by atoms with Crippen LogP contribution in [-0.2, 0) is 6.54 Å². The second-order valence-electron chi connectivity index (χ2n) is 4.67. The summed E-state index contributed by atoms with van der Waals surface area (Å²) in [5.74, 6) is -1.43. The predicted octanol–water partition coefficient (Wildman–Crippen LogP) is 1.76. The molecule has 0 aromatic carbocycles. The number of carboxylic acids is 1. The number of amides is 1. The fraction of sp³-hybridized carbons (Fsp3) is 0.200.